The number of likely N-dealkylation sites (tertiary alicyclic amines) is 1. The van der Waals surface area contributed by atoms with Gasteiger partial charge >= 0.3 is 0 Å². The molecule has 0 radical (unpaired) electrons. The van der Waals surface area contributed by atoms with E-state index in [0.29, 0.717) is 19.0 Å². The lowest BCUT2D eigenvalue weighted by Gasteiger charge is -2.25. The van der Waals surface area contributed by atoms with Gasteiger partial charge in [0, 0.05) is 26.2 Å². The third-order valence-electron chi connectivity index (χ3n) is 4.83. The van der Waals surface area contributed by atoms with E-state index in [1.807, 2.05) is 41.3 Å². The Hall–Kier alpha value is -1.59. The molecule has 4 nitrogen and oxygen atoms in total. The molecule has 2 aromatic carbocycles. The van der Waals surface area contributed by atoms with E-state index in [2.05, 4.69) is 29.2 Å². The van der Waals surface area contributed by atoms with Crippen molar-refractivity contribution in [1.82, 2.24) is 9.80 Å². The minimum Gasteiger partial charge on any atom is -0.341 e. The van der Waals surface area contributed by atoms with Gasteiger partial charge in [-0.25, -0.2) is 0 Å². The summed E-state index contributed by atoms with van der Waals surface area (Å²) in [6.07, 6.45) is 1.03. The number of rotatable bonds is 7. The van der Waals surface area contributed by atoms with Crippen LogP contribution in [-0.4, -0.2) is 41.9 Å². The Kier molecular flexibility index (Phi) is 10.4. The van der Waals surface area contributed by atoms with Crippen molar-refractivity contribution in [3.8, 4) is 0 Å². The fourth-order valence-electron chi connectivity index (χ4n) is 3.39. The average Bonchev–Trinajstić information content (AvgIpc) is 3.13. The van der Waals surface area contributed by atoms with Crippen molar-refractivity contribution in [3.05, 3.63) is 71.8 Å². The van der Waals surface area contributed by atoms with Crippen LogP contribution in [0.5, 0.6) is 0 Å². The van der Waals surface area contributed by atoms with Crippen molar-refractivity contribution >= 4 is 30.7 Å². The maximum atomic E-state index is 12.7. The van der Waals surface area contributed by atoms with Gasteiger partial charge in [0.25, 0.3) is 0 Å². The molecule has 27 heavy (non-hydrogen) atoms. The third-order valence-corrected chi connectivity index (χ3v) is 4.83. The summed E-state index contributed by atoms with van der Waals surface area (Å²) in [7, 11) is 0. The summed E-state index contributed by atoms with van der Waals surface area (Å²) < 4.78 is 0. The van der Waals surface area contributed by atoms with Crippen LogP contribution in [0, 0.1) is 5.92 Å². The molecule has 0 saturated carbocycles. The molecule has 1 unspecified atom stereocenters. The summed E-state index contributed by atoms with van der Waals surface area (Å²) in [5.41, 5.74) is 8.21. The van der Waals surface area contributed by atoms with Crippen LogP contribution in [0.25, 0.3) is 0 Å². The summed E-state index contributed by atoms with van der Waals surface area (Å²) >= 11 is 0. The van der Waals surface area contributed by atoms with Crippen LogP contribution in [0.4, 0.5) is 0 Å². The first-order valence-corrected chi connectivity index (χ1v) is 9.02. The second-order valence-electron chi connectivity index (χ2n) is 6.85. The summed E-state index contributed by atoms with van der Waals surface area (Å²) in [5, 5.41) is 0. The van der Waals surface area contributed by atoms with Crippen molar-refractivity contribution in [2.45, 2.75) is 19.5 Å². The lowest BCUT2D eigenvalue weighted by Crippen LogP contribution is -2.39. The van der Waals surface area contributed by atoms with Gasteiger partial charge in [-0.2, -0.15) is 0 Å². The summed E-state index contributed by atoms with van der Waals surface area (Å²) in [5.74, 6) is 0.670. The standard InChI is InChI=1S/C21H27N3O.2ClH/c22-13-20-11-12-24(16-20)21(25)17-23(14-18-7-3-1-4-8-18)15-19-9-5-2-6-10-19;;/h1-10,20H,11-17,22H2;2*1H. The zero-order valence-electron chi connectivity index (χ0n) is 15.5. The molecule has 1 saturated heterocycles. The van der Waals surface area contributed by atoms with Gasteiger partial charge in [0.15, 0.2) is 0 Å². The molecule has 1 atom stereocenters. The van der Waals surface area contributed by atoms with Gasteiger partial charge in [-0.1, -0.05) is 60.7 Å². The van der Waals surface area contributed by atoms with E-state index in [0.717, 1.165) is 32.6 Å². The first-order chi connectivity index (χ1) is 12.2. The second-order valence-corrected chi connectivity index (χ2v) is 6.85. The van der Waals surface area contributed by atoms with Crippen molar-refractivity contribution in [2.24, 2.45) is 11.7 Å². The van der Waals surface area contributed by atoms with Crippen LogP contribution < -0.4 is 5.73 Å². The van der Waals surface area contributed by atoms with E-state index in [1.54, 1.807) is 0 Å². The predicted molar refractivity (Wildman–Crippen MR) is 115 cm³/mol. The monoisotopic (exact) mass is 409 g/mol. The van der Waals surface area contributed by atoms with Crippen LogP contribution in [0.2, 0.25) is 0 Å². The van der Waals surface area contributed by atoms with E-state index < -0.39 is 0 Å². The van der Waals surface area contributed by atoms with E-state index in [-0.39, 0.29) is 30.7 Å². The largest absolute Gasteiger partial charge is 0.341 e. The minimum absolute atomic E-state index is 0. The molecule has 3 rings (SSSR count). The SMILES string of the molecule is Cl.Cl.NCC1CCN(C(=O)CN(Cc2ccccc2)Cc2ccccc2)C1. The molecule has 148 valence electrons. The Labute approximate surface area is 174 Å². The summed E-state index contributed by atoms with van der Waals surface area (Å²) in [6, 6.07) is 20.7. The minimum atomic E-state index is 0. The molecule has 0 aliphatic carbocycles. The molecule has 1 aliphatic rings. The van der Waals surface area contributed by atoms with Gasteiger partial charge < -0.3 is 10.6 Å². The molecule has 2 N–H and O–H groups in total. The molecule has 6 heteroatoms. The smallest absolute Gasteiger partial charge is 0.236 e. The number of carbonyl (C=O) groups excluding carboxylic acids is 1. The van der Waals surface area contributed by atoms with Crippen LogP contribution >= 0.6 is 24.8 Å². The molecular formula is C21H29Cl2N3O. The number of amides is 1. The highest BCUT2D eigenvalue weighted by Gasteiger charge is 2.26. The zero-order chi connectivity index (χ0) is 17.5. The Bertz CT molecular complexity index is 628. The summed E-state index contributed by atoms with van der Waals surface area (Å²) in [4.78, 5) is 16.9. The molecule has 0 aromatic heterocycles. The highest BCUT2D eigenvalue weighted by atomic mass is 35.5. The van der Waals surface area contributed by atoms with Crippen molar-refractivity contribution in [2.75, 3.05) is 26.2 Å². The van der Waals surface area contributed by atoms with Crippen molar-refractivity contribution in [3.63, 3.8) is 0 Å². The van der Waals surface area contributed by atoms with Gasteiger partial charge in [-0.3, -0.25) is 9.69 Å². The average molecular weight is 410 g/mol. The molecule has 1 amide bonds. The number of hydrogen-bond donors (Lipinski definition) is 1. The molecular weight excluding hydrogens is 381 g/mol. The van der Waals surface area contributed by atoms with Crippen molar-refractivity contribution < 1.29 is 4.79 Å². The lowest BCUT2D eigenvalue weighted by molar-refractivity contribution is -0.131. The van der Waals surface area contributed by atoms with Crippen LogP contribution in [0.1, 0.15) is 17.5 Å². The first kappa shape index (κ1) is 23.4. The van der Waals surface area contributed by atoms with Gasteiger partial charge in [-0.05, 0) is 30.0 Å². The Balaban J connectivity index is 0.00000182. The fraction of sp³-hybridized carbons (Fsp3) is 0.381. The molecule has 1 heterocycles. The number of carbonyl (C=O) groups is 1. The molecule has 1 fully saturated rings. The Morgan fingerprint density at radius 2 is 1.48 bits per heavy atom. The molecule has 2 aromatic rings. The molecule has 1 aliphatic heterocycles. The first-order valence-electron chi connectivity index (χ1n) is 9.02. The van der Waals surface area contributed by atoms with Crippen molar-refractivity contribution in [1.29, 1.82) is 0 Å². The van der Waals surface area contributed by atoms with E-state index in [9.17, 15) is 4.79 Å². The zero-order valence-corrected chi connectivity index (χ0v) is 17.1. The van der Waals surface area contributed by atoms with Gasteiger partial charge in [-0.15, -0.1) is 24.8 Å². The fourth-order valence-corrected chi connectivity index (χ4v) is 3.39. The van der Waals surface area contributed by atoms with Gasteiger partial charge in [0.1, 0.15) is 0 Å². The van der Waals surface area contributed by atoms with Gasteiger partial charge in [0.05, 0.1) is 6.54 Å². The summed E-state index contributed by atoms with van der Waals surface area (Å²) in [6.45, 7) is 4.30. The van der Waals surface area contributed by atoms with Crippen LogP contribution in [-0.2, 0) is 17.9 Å². The maximum absolute atomic E-state index is 12.7. The highest BCUT2D eigenvalue weighted by Crippen LogP contribution is 2.16. The third kappa shape index (κ3) is 7.15. The van der Waals surface area contributed by atoms with Gasteiger partial charge in [0.2, 0.25) is 5.91 Å². The van der Waals surface area contributed by atoms with E-state index >= 15 is 0 Å². The number of benzene rings is 2. The maximum Gasteiger partial charge on any atom is 0.236 e. The number of nitrogens with two attached hydrogens (primary N) is 1. The topological polar surface area (TPSA) is 49.6 Å². The second kappa shape index (κ2) is 12.0. The molecule has 0 spiro atoms. The highest BCUT2D eigenvalue weighted by molar-refractivity contribution is 5.85. The number of hydrogen-bond acceptors (Lipinski definition) is 3. The Morgan fingerprint density at radius 3 is 1.93 bits per heavy atom. The van der Waals surface area contributed by atoms with E-state index in [4.69, 9.17) is 5.73 Å². The normalized spacial score (nSPS) is 15.9. The number of nitrogens with zero attached hydrogens (tertiary/aromatic N) is 2. The van der Waals surface area contributed by atoms with Crippen LogP contribution in [0.3, 0.4) is 0 Å². The van der Waals surface area contributed by atoms with Crippen LogP contribution in [0.15, 0.2) is 60.7 Å². The Morgan fingerprint density at radius 1 is 0.963 bits per heavy atom. The predicted octanol–water partition coefficient (Wildman–Crippen LogP) is 3.34. The van der Waals surface area contributed by atoms with E-state index in [1.165, 1.54) is 11.1 Å². The quantitative estimate of drug-likeness (QED) is 0.762. The molecule has 0 bridgehead atoms. The number of halogens is 2. The lowest BCUT2D eigenvalue weighted by atomic mass is 10.1.